The van der Waals surface area contributed by atoms with Crippen LogP contribution in [0.25, 0.3) is 0 Å². The third-order valence-corrected chi connectivity index (χ3v) is 31.8. The van der Waals surface area contributed by atoms with Crippen LogP contribution in [0.3, 0.4) is 0 Å². The molecule has 0 N–H and O–H groups in total. The summed E-state index contributed by atoms with van der Waals surface area (Å²) in [6, 6.07) is 0. The predicted molar refractivity (Wildman–Crippen MR) is 350 cm³/mol. The molecule has 9 fully saturated rings. The van der Waals surface area contributed by atoms with Crippen LogP contribution in [-0.2, 0) is 66.5 Å². The van der Waals surface area contributed by atoms with Gasteiger partial charge in [0.1, 0.15) is 29.6 Å². The van der Waals surface area contributed by atoms with Crippen LogP contribution in [0.2, 0.25) is 0 Å². The van der Waals surface area contributed by atoms with Crippen LogP contribution < -0.4 is 0 Å². The van der Waals surface area contributed by atoms with E-state index in [0.717, 1.165) is 128 Å². The number of carbonyl (C=O) groups is 5. The lowest BCUT2D eigenvalue weighted by Gasteiger charge is -2.58. The molecular weight excluding hydrogens is 1190 g/mol. The maximum Gasteiger partial charge on any atom is 0.400 e. The molecule has 91 heavy (non-hydrogen) atoms. The highest BCUT2D eigenvalue weighted by Gasteiger charge is 2.63. The Labute approximate surface area is 547 Å². The highest BCUT2D eigenvalue weighted by Crippen LogP contribution is 2.70. The topological polar surface area (TPSA) is 200 Å². The molecule has 9 saturated carbocycles. The summed E-state index contributed by atoms with van der Waals surface area (Å²) in [7, 11) is -8.06. The summed E-state index contributed by atoms with van der Waals surface area (Å²) in [5.41, 5.74) is 4.81. The smallest absolute Gasteiger partial charge is 0.400 e. The van der Waals surface area contributed by atoms with Crippen LogP contribution in [0.5, 0.6) is 0 Å². The molecule has 510 valence electrons. The van der Waals surface area contributed by atoms with E-state index in [1.807, 2.05) is 0 Å². The van der Waals surface area contributed by atoms with Crippen molar-refractivity contribution in [3.05, 3.63) is 34.9 Å². The maximum atomic E-state index is 13.3. The molecule has 0 spiro atoms. The SMILES string of the molecule is CC(=O)C1CCC2C3CC=C4CC(OC(=O)C(C)COS(=O)(=O)C(C)(C)C)CCC4(C)C3CCC12C.CC(=O)C1CCC2C3CC=C4CC(OC(=O)C(C)COS(=O)(=O)OC5CCC6(C)C(=CCC7C6CCC6(C)C(C(C)=O)CCC76)C5)CCC4(C)C3CCC12C. The third-order valence-electron chi connectivity index (χ3n) is 29.0. The predicted octanol–water partition coefficient (Wildman–Crippen LogP) is 15.4. The molecule has 14 nitrogen and oxygen atoms in total. The minimum Gasteiger partial charge on any atom is -0.462 e. The molecule has 0 heterocycles. The highest BCUT2D eigenvalue weighted by atomic mass is 32.3. The minimum absolute atomic E-state index is 0.0287. The van der Waals surface area contributed by atoms with Gasteiger partial charge in [0.25, 0.3) is 10.1 Å². The molecule has 0 aromatic carbocycles. The van der Waals surface area contributed by atoms with Gasteiger partial charge in [0.2, 0.25) is 0 Å². The maximum absolute atomic E-state index is 13.3. The summed E-state index contributed by atoms with van der Waals surface area (Å²) < 4.78 is 77.7. The molecule has 0 aliphatic heterocycles. The van der Waals surface area contributed by atoms with Crippen molar-refractivity contribution in [2.75, 3.05) is 13.2 Å². The molecule has 0 radical (unpaired) electrons. The van der Waals surface area contributed by atoms with Gasteiger partial charge in [-0.05, 0) is 282 Å². The van der Waals surface area contributed by atoms with Gasteiger partial charge in [0, 0.05) is 30.6 Å². The third kappa shape index (κ3) is 12.4. The number of hydrogen-bond donors (Lipinski definition) is 0. The Morgan fingerprint density at radius 2 is 0.769 bits per heavy atom. The van der Waals surface area contributed by atoms with Crippen LogP contribution in [-0.4, -0.2) is 82.4 Å². The van der Waals surface area contributed by atoms with Crippen molar-refractivity contribution >= 4 is 49.8 Å². The van der Waals surface area contributed by atoms with Crippen LogP contribution in [0.4, 0.5) is 0 Å². The first-order valence-electron chi connectivity index (χ1n) is 36.0. The summed E-state index contributed by atoms with van der Waals surface area (Å²) in [5.74, 6) is 4.92. The van der Waals surface area contributed by atoms with Crippen molar-refractivity contribution in [3.8, 4) is 0 Å². The lowest BCUT2D eigenvalue weighted by Crippen LogP contribution is -2.51. The number of hydrogen-bond acceptors (Lipinski definition) is 14. The fourth-order valence-electron chi connectivity index (χ4n) is 23.6. The van der Waals surface area contributed by atoms with E-state index in [9.17, 15) is 40.8 Å². The van der Waals surface area contributed by atoms with Crippen molar-refractivity contribution in [1.29, 1.82) is 0 Å². The number of fused-ring (bicyclic) bond motifs is 15. The number of esters is 2. The average molecular weight is 1300 g/mol. The molecule has 23 atom stereocenters. The molecule has 0 saturated heterocycles. The normalized spacial score (nSPS) is 43.8. The van der Waals surface area contributed by atoms with Gasteiger partial charge in [-0.25, -0.2) is 8.37 Å². The number of rotatable bonds is 15. The number of allylic oxidation sites excluding steroid dienone is 3. The number of ether oxygens (including phenoxy) is 2. The second-order valence-electron chi connectivity index (χ2n) is 34.5. The van der Waals surface area contributed by atoms with Gasteiger partial charge in [0.05, 0.1) is 35.9 Å². The van der Waals surface area contributed by atoms with Crippen molar-refractivity contribution in [3.63, 3.8) is 0 Å². The Kier molecular flexibility index (Phi) is 19.1. The lowest BCUT2D eigenvalue weighted by molar-refractivity contribution is -0.157. The quantitative estimate of drug-likeness (QED) is 0.0852. The van der Waals surface area contributed by atoms with Crippen molar-refractivity contribution < 1.29 is 62.8 Å². The molecule has 0 bridgehead atoms. The molecule has 0 aromatic heterocycles. The second-order valence-corrected chi connectivity index (χ2v) is 38.2. The van der Waals surface area contributed by atoms with E-state index in [1.54, 1.807) is 55.4 Å². The van der Waals surface area contributed by atoms with Gasteiger partial charge >= 0.3 is 22.3 Å². The molecule has 0 amide bonds. The van der Waals surface area contributed by atoms with Gasteiger partial charge in [0.15, 0.2) is 0 Å². The van der Waals surface area contributed by atoms with Gasteiger partial charge in [-0.2, -0.15) is 16.8 Å². The van der Waals surface area contributed by atoms with Crippen molar-refractivity contribution in [1.82, 2.24) is 0 Å². The molecule has 12 rings (SSSR count). The summed E-state index contributed by atoms with van der Waals surface area (Å²) >= 11 is 0. The van der Waals surface area contributed by atoms with Gasteiger partial charge < -0.3 is 9.47 Å². The Hall–Kier alpha value is -3.05. The fraction of sp³-hybridized carbons (Fsp3) is 0.853. The fourth-order valence-corrected chi connectivity index (χ4v) is 25.3. The second kappa shape index (κ2) is 25.1. The number of carbonyl (C=O) groups excluding carboxylic acids is 5. The monoisotopic (exact) mass is 1300 g/mol. The lowest BCUT2D eigenvalue weighted by atomic mass is 9.47. The molecule has 23 unspecified atom stereocenters. The summed E-state index contributed by atoms with van der Waals surface area (Å²) in [4.78, 5) is 63.5. The Morgan fingerprint density at radius 1 is 0.451 bits per heavy atom. The Bertz CT molecular complexity index is 3170. The summed E-state index contributed by atoms with van der Waals surface area (Å²) in [5, 5.41) is 0. The van der Waals surface area contributed by atoms with Crippen molar-refractivity contribution in [2.45, 2.75) is 274 Å². The largest absolute Gasteiger partial charge is 0.462 e. The zero-order chi connectivity index (χ0) is 66.0. The van der Waals surface area contributed by atoms with E-state index >= 15 is 0 Å². The van der Waals surface area contributed by atoms with Crippen LogP contribution in [0, 0.1) is 115 Å². The van der Waals surface area contributed by atoms with Crippen LogP contribution in [0.15, 0.2) is 34.9 Å². The molecule has 12 aliphatic rings. The van der Waals surface area contributed by atoms with Gasteiger partial charge in [-0.1, -0.05) is 76.5 Å². The molecule has 12 aliphatic carbocycles. The molecule has 16 heteroatoms. The average Bonchev–Trinajstić information content (AvgIpc) is 1.72. The van der Waals surface area contributed by atoms with E-state index in [-0.39, 0.29) is 75.7 Å². The number of Topliss-reactive ketones (excluding diaryl/α,β-unsaturated/α-hetero) is 3. The summed E-state index contributed by atoms with van der Waals surface area (Å²) in [6.07, 6.45) is 30.0. The van der Waals surface area contributed by atoms with Crippen LogP contribution in [0.1, 0.15) is 251 Å². The molecular formula is C75H114O14S2. The van der Waals surface area contributed by atoms with E-state index in [0.29, 0.717) is 83.5 Å². The number of ketones is 3. The van der Waals surface area contributed by atoms with E-state index in [2.05, 4.69) is 59.8 Å². The first-order chi connectivity index (χ1) is 42.5. The van der Waals surface area contributed by atoms with Gasteiger partial charge in [-0.3, -0.25) is 28.2 Å². The zero-order valence-corrected chi connectivity index (χ0v) is 59.6. The first-order valence-corrected chi connectivity index (χ1v) is 38.7. The zero-order valence-electron chi connectivity index (χ0n) is 58.0. The van der Waals surface area contributed by atoms with E-state index < -0.39 is 55.1 Å². The Balaban J connectivity index is 0.000000205. The highest BCUT2D eigenvalue weighted by molar-refractivity contribution is 7.88. The first kappa shape index (κ1) is 69.3. The summed E-state index contributed by atoms with van der Waals surface area (Å²) in [6.45, 7) is 27.2. The Morgan fingerprint density at radius 3 is 1.10 bits per heavy atom. The van der Waals surface area contributed by atoms with E-state index in [1.165, 1.54) is 29.6 Å². The standard InChI is InChI=1S/C46H68O8S.C29H46O6S/c1-27(42(49)53-32-16-20-43(4)30(24-32)8-10-34-38-14-12-36(28(2)47)45(38,6)22-18-40(34)43)26-52-55(50,51)54-33-17-21-44(5)31(25-33)9-11-35-39-15-13-37(29(3)48)46(39,7)23-19-41(35)44;1-18(17-34-36(32,33)27(3,4)5)26(31)35-21-12-14-28(6)20(16-21)8-9-22-24-11-10-23(19(2)30)29(24,7)15-13-25(22)28/h8-9,27,32-41H,10-26H2,1-7H3;8,18,21-25H,9-17H2,1-7H3. The minimum atomic E-state index is -4.31. The van der Waals surface area contributed by atoms with E-state index in [4.69, 9.17) is 22.0 Å². The van der Waals surface area contributed by atoms with Gasteiger partial charge in [-0.15, -0.1) is 0 Å². The molecule has 0 aromatic rings. The van der Waals surface area contributed by atoms with Crippen molar-refractivity contribution in [2.24, 2.45) is 115 Å². The van der Waals surface area contributed by atoms with Crippen LogP contribution >= 0.6 is 0 Å².